The van der Waals surface area contributed by atoms with Gasteiger partial charge in [-0.15, -0.1) is 0 Å². The van der Waals surface area contributed by atoms with Crippen LogP contribution in [-0.2, 0) is 13.0 Å². The summed E-state index contributed by atoms with van der Waals surface area (Å²) in [5.74, 6) is -0.128. The fourth-order valence-electron chi connectivity index (χ4n) is 2.17. The standard InChI is InChI=1S/C17H20N2O2/c1-18-10-9-14-6-2-3-8-16(14)17(21)19-15-7-4-5-13(11-15)12-20/h2-8,11,18,20H,9-10,12H2,1H3,(H,19,21). The molecule has 0 bridgehead atoms. The van der Waals surface area contributed by atoms with Crippen LogP contribution < -0.4 is 10.6 Å². The molecular formula is C17H20N2O2. The summed E-state index contributed by atoms with van der Waals surface area (Å²) in [6, 6.07) is 14.8. The Labute approximate surface area is 124 Å². The normalized spacial score (nSPS) is 10.4. The Bertz CT molecular complexity index is 611. The molecule has 0 radical (unpaired) electrons. The third kappa shape index (κ3) is 4.15. The molecule has 0 aliphatic rings. The van der Waals surface area contributed by atoms with Gasteiger partial charge in [0, 0.05) is 11.3 Å². The maximum atomic E-state index is 12.4. The average molecular weight is 284 g/mol. The van der Waals surface area contributed by atoms with E-state index in [9.17, 15) is 4.79 Å². The number of carbonyl (C=O) groups excluding carboxylic acids is 1. The van der Waals surface area contributed by atoms with Crippen molar-refractivity contribution in [3.05, 3.63) is 65.2 Å². The van der Waals surface area contributed by atoms with Crippen molar-refractivity contribution < 1.29 is 9.90 Å². The SMILES string of the molecule is CNCCc1ccccc1C(=O)Nc1cccc(CO)c1. The van der Waals surface area contributed by atoms with E-state index in [1.165, 1.54) is 0 Å². The van der Waals surface area contributed by atoms with Crippen LogP contribution in [0.1, 0.15) is 21.5 Å². The Balaban J connectivity index is 2.16. The molecule has 4 nitrogen and oxygen atoms in total. The van der Waals surface area contributed by atoms with Gasteiger partial charge in [-0.05, 0) is 49.3 Å². The van der Waals surface area contributed by atoms with Crippen molar-refractivity contribution in [2.24, 2.45) is 0 Å². The molecule has 0 saturated carbocycles. The second kappa shape index (κ2) is 7.57. The number of rotatable bonds is 6. The highest BCUT2D eigenvalue weighted by molar-refractivity contribution is 6.05. The van der Waals surface area contributed by atoms with Crippen molar-refractivity contribution in [3.8, 4) is 0 Å². The number of nitrogens with one attached hydrogen (secondary N) is 2. The van der Waals surface area contributed by atoms with E-state index in [1.807, 2.05) is 49.5 Å². The molecule has 2 rings (SSSR count). The number of benzene rings is 2. The minimum atomic E-state index is -0.128. The lowest BCUT2D eigenvalue weighted by Gasteiger charge is -2.10. The van der Waals surface area contributed by atoms with Crippen molar-refractivity contribution in [1.82, 2.24) is 5.32 Å². The number of anilines is 1. The first kappa shape index (κ1) is 15.2. The van der Waals surface area contributed by atoms with Crippen LogP contribution in [0.2, 0.25) is 0 Å². The van der Waals surface area contributed by atoms with Crippen molar-refractivity contribution in [3.63, 3.8) is 0 Å². The van der Waals surface area contributed by atoms with Gasteiger partial charge < -0.3 is 15.7 Å². The van der Waals surface area contributed by atoms with E-state index in [4.69, 9.17) is 5.11 Å². The summed E-state index contributed by atoms with van der Waals surface area (Å²) < 4.78 is 0. The highest BCUT2D eigenvalue weighted by Crippen LogP contribution is 2.15. The van der Waals surface area contributed by atoms with E-state index in [0.717, 1.165) is 24.1 Å². The van der Waals surface area contributed by atoms with Crippen molar-refractivity contribution >= 4 is 11.6 Å². The van der Waals surface area contributed by atoms with Gasteiger partial charge in [0.1, 0.15) is 0 Å². The molecule has 0 heterocycles. The minimum absolute atomic E-state index is 0.0392. The lowest BCUT2D eigenvalue weighted by atomic mass is 10.0. The van der Waals surface area contributed by atoms with Crippen LogP contribution in [0.25, 0.3) is 0 Å². The maximum Gasteiger partial charge on any atom is 0.255 e. The number of aliphatic hydroxyl groups excluding tert-OH is 1. The summed E-state index contributed by atoms with van der Waals surface area (Å²) in [7, 11) is 1.89. The molecule has 21 heavy (non-hydrogen) atoms. The summed E-state index contributed by atoms with van der Waals surface area (Å²) in [5.41, 5.74) is 3.16. The fraction of sp³-hybridized carbons (Fsp3) is 0.235. The summed E-state index contributed by atoms with van der Waals surface area (Å²) >= 11 is 0. The first-order valence-corrected chi connectivity index (χ1v) is 6.98. The van der Waals surface area contributed by atoms with Crippen LogP contribution >= 0.6 is 0 Å². The van der Waals surface area contributed by atoms with Crippen molar-refractivity contribution in [2.45, 2.75) is 13.0 Å². The van der Waals surface area contributed by atoms with Gasteiger partial charge in [-0.25, -0.2) is 0 Å². The van der Waals surface area contributed by atoms with Crippen LogP contribution in [0.15, 0.2) is 48.5 Å². The molecule has 2 aromatic carbocycles. The number of amides is 1. The predicted octanol–water partition coefficient (Wildman–Crippen LogP) is 2.19. The molecular weight excluding hydrogens is 264 g/mol. The van der Waals surface area contributed by atoms with E-state index >= 15 is 0 Å². The Morgan fingerprint density at radius 2 is 1.95 bits per heavy atom. The summed E-state index contributed by atoms with van der Waals surface area (Å²) in [6.07, 6.45) is 0.802. The first-order chi connectivity index (χ1) is 10.2. The third-order valence-corrected chi connectivity index (χ3v) is 3.27. The Morgan fingerprint density at radius 3 is 2.71 bits per heavy atom. The zero-order valence-corrected chi connectivity index (χ0v) is 12.1. The molecule has 0 aliphatic heterocycles. The fourth-order valence-corrected chi connectivity index (χ4v) is 2.17. The van der Waals surface area contributed by atoms with Crippen LogP contribution in [0.4, 0.5) is 5.69 Å². The molecule has 0 atom stereocenters. The smallest absolute Gasteiger partial charge is 0.255 e. The quantitative estimate of drug-likeness (QED) is 0.762. The number of carbonyl (C=O) groups is 1. The summed E-state index contributed by atoms with van der Waals surface area (Å²) in [4.78, 5) is 12.4. The van der Waals surface area contributed by atoms with Gasteiger partial charge in [0.15, 0.2) is 0 Å². The van der Waals surface area contributed by atoms with E-state index < -0.39 is 0 Å². The monoisotopic (exact) mass is 284 g/mol. The second-order valence-corrected chi connectivity index (χ2v) is 4.82. The van der Waals surface area contributed by atoms with Crippen LogP contribution in [0.3, 0.4) is 0 Å². The van der Waals surface area contributed by atoms with Gasteiger partial charge in [0.2, 0.25) is 0 Å². The molecule has 0 unspecified atom stereocenters. The molecule has 3 N–H and O–H groups in total. The van der Waals surface area contributed by atoms with Gasteiger partial charge in [0.25, 0.3) is 5.91 Å². The molecule has 110 valence electrons. The van der Waals surface area contributed by atoms with Gasteiger partial charge in [0.05, 0.1) is 6.61 Å². The highest BCUT2D eigenvalue weighted by atomic mass is 16.3. The Hall–Kier alpha value is -2.17. The first-order valence-electron chi connectivity index (χ1n) is 6.98. The average Bonchev–Trinajstić information content (AvgIpc) is 2.53. The van der Waals surface area contributed by atoms with E-state index in [0.29, 0.717) is 11.3 Å². The minimum Gasteiger partial charge on any atom is -0.392 e. The molecule has 0 saturated heterocycles. The topological polar surface area (TPSA) is 61.4 Å². The Kier molecular flexibility index (Phi) is 5.49. The summed E-state index contributed by atoms with van der Waals surface area (Å²) in [6.45, 7) is 0.784. The highest BCUT2D eigenvalue weighted by Gasteiger charge is 2.10. The molecule has 1 amide bonds. The Morgan fingerprint density at radius 1 is 1.14 bits per heavy atom. The van der Waals surface area contributed by atoms with E-state index in [1.54, 1.807) is 6.07 Å². The van der Waals surface area contributed by atoms with Crippen LogP contribution in [0, 0.1) is 0 Å². The zero-order valence-electron chi connectivity index (χ0n) is 12.1. The van der Waals surface area contributed by atoms with Gasteiger partial charge in [-0.1, -0.05) is 30.3 Å². The zero-order chi connectivity index (χ0) is 15.1. The predicted molar refractivity (Wildman–Crippen MR) is 84.4 cm³/mol. The number of hydrogen-bond acceptors (Lipinski definition) is 3. The second-order valence-electron chi connectivity index (χ2n) is 4.82. The van der Waals surface area contributed by atoms with Gasteiger partial charge in [-0.3, -0.25) is 4.79 Å². The molecule has 0 aliphatic carbocycles. The molecule has 0 aromatic heterocycles. The largest absolute Gasteiger partial charge is 0.392 e. The lowest BCUT2D eigenvalue weighted by molar-refractivity contribution is 0.102. The third-order valence-electron chi connectivity index (χ3n) is 3.27. The van der Waals surface area contributed by atoms with E-state index in [2.05, 4.69) is 10.6 Å². The van der Waals surface area contributed by atoms with Gasteiger partial charge >= 0.3 is 0 Å². The summed E-state index contributed by atoms with van der Waals surface area (Å²) in [5, 5.41) is 15.1. The van der Waals surface area contributed by atoms with Crippen LogP contribution in [-0.4, -0.2) is 24.6 Å². The number of hydrogen-bond donors (Lipinski definition) is 3. The lowest BCUT2D eigenvalue weighted by Crippen LogP contribution is -2.17. The molecule has 0 fully saturated rings. The molecule has 4 heteroatoms. The molecule has 0 spiro atoms. The maximum absolute atomic E-state index is 12.4. The van der Waals surface area contributed by atoms with Crippen LogP contribution in [0.5, 0.6) is 0 Å². The number of likely N-dealkylation sites (N-methyl/N-ethyl adjacent to an activating group) is 1. The molecule has 2 aromatic rings. The van der Waals surface area contributed by atoms with E-state index in [-0.39, 0.29) is 12.5 Å². The van der Waals surface area contributed by atoms with Crippen molar-refractivity contribution in [2.75, 3.05) is 18.9 Å². The number of aliphatic hydroxyl groups is 1. The van der Waals surface area contributed by atoms with Crippen molar-refractivity contribution in [1.29, 1.82) is 0 Å². The van der Waals surface area contributed by atoms with Gasteiger partial charge in [-0.2, -0.15) is 0 Å².